The van der Waals surface area contributed by atoms with E-state index in [1.54, 1.807) is 6.92 Å². The van der Waals surface area contributed by atoms with Gasteiger partial charge in [0.1, 0.15) is 0 Å². The van der Waals surface area contributed by atoms with Gasteiger partial charge in [0, 0.05) is 20.1 Å². The third-order valence-electron chi connectivity index (χ3n) is 2.61. The van der Waals surface area contributed by atoms with E-state index in [1.165, 1.54) is 14.2 Å². The molecule has 0 saturated carbocycles. The van der Waals surface area contributed by atoms with Crippen molar-refractivity contribution in [3.63, 3.8) is 0 Å². The quantitative estimate of drug-likeness (QED) is 0.809. The number of aliphatic hydroxyl groups is 1. The first kappa shape index (κ1) is 13.4. The summed E-state index contributed by atoms with van der Waals surface area (Å²) in [6, 6.07) is 9.34. The maximum atomic E-state index is 12.0. The van der Waals surface area contributed by atoms with Gasteiger partial charge in [0.25, 0.3) is 0 Å². The minimum absolute atomic E-state index is 0.313. The SMILES string of the molecule is COP(=O)(OC)[C@@H](O)[C@H](C)c1ccccc1. The summed E-state index contributed by atoms with van der Waals surface area (Å²) in [5, 5.41) is 9.98. The first-order chi connectivity index (χ1) is 7.55. The fourth-order valence-electron chi connectivity index (χ4n) is 1.49. The van der Waals surface area contributed by atoms with Gasteiger partial charge in [0.05, 0.1) is 0 Å². The molecule has 0 amide bonds. The van der Waals surface area contributed by atoms with Crippen LogP contribution < -0.4 is 0 Å². The Kier molecular flexibility index (Phi) is 4.69. The maximum Gasteiger partial charge on any atom is 0.358 e. The lowest BCUT2D eigenvalue weighted by atomic mass is 10.0. The van der Waals surface area contributed by atoms with Gasteiger partial charge in [0.2, 0.25) is 0 Å². The summed E-state index contributed by atoms with van der Waals surface area (Å²) in [5.74, 6) is -1.48. The number of benzene rings is 1. The summed E-state index contributed by atoms with van der Waals surface area (Å²) in [6.45, 7) is 1.78. The minimum atomic E-state index is -3.44. The molecule has 1 aromatic rings. The number of hydrogen-bond acceptors (Lipinski definition) is 4. The summed E-state index contributed by atoms with van der Waals surface area (Å²) >= 11 is 0. The molecular weight excluding hydrogens is 227 g/mol. The fourth-order valence-corrected chi connectivity index (χ4v) is 2.79. The molecule has 0 aliphatic heterocycles. The zero-order valence-corrected chi connectivity index (χ0v) is 10.6. The van der Waals surface area contributed by atoms with Gasteiger partial charge in [0.15, 0.2) is 5.85 Å². The summed E-state index contributed by atoms with van der Waals surface area (Å²) < 4.78 is 21.5. The highest BCUT2D eigenvalue weighted by atomic mass is 31.2. The standard InChI is InChI=1S/C11H17O4P/c1-9(10-7-5-4-6-8-10)11(12)16(13,14-2)15-3/h4-9,11-12H,1-3H3/t9-,11-/m1/s1. The molecule has 0 heterocycles. The number of rotatable bonds is 5. The molecule has 5 heteroatoms. The van der Waals surface area contributed by atoms with Crippen LogP contribution >= 0.6 is 7.60 Å². The Labute approximate surface area is 95.7 Å². The lowest BCUT2D eigenvalue weighted by Gasteiger charge is -2.25. The van der Waals surface area contributed by atoms with Gasteiger partial charge in [-0.1, -0.05) is 37.3 Å². The molecule has 0 radical (unpaired) electrons. The normalized spacial score (nSPS) is 15.8. The third-order valence-corrected chi connectivity index (χ3v) is 4.72. The smallest absolute Gasteiger partial charge is 0.358 e. The molecule has 16 heavy (non-hydrogen) atoms. The average molecular weight is 244 g/mol. The Hall–Kier alpha value is -0.670. The molecule has 1 aromatic carbocycles. The molecular formula is C11H17O4P. The second kappa shape index (κ2) is 5.60. The van der Waals surface area contributed by atoms with Gasteiger partial charge < -0.3 is 14.2 Å². The van der Waals surface area contributed by atoms with E-state index in [-0.39, 0.29) is 5.92 Å². The second-order valence-corrected chi connectivity index (χ2v) is 5.86. The molecule has 0 bridgehead atoms. The van der Waals surface area contributed by atoms with Crippen molar-refractivity contribution in [3.8, 4) is 0 Å². The van der Waals surface area contributed by atoms with E-state index in [4.69, 9.17) is 9.05 Å². The van der Waals surface area contributed by atoms with E-state index < -0.39 is 13.4 Å². The predicted octanol–water partition coefficient (Wildman–Crippen LogP) is 2.59. The summed E-state index contributed by atoms with van der Waals surface area (Å²) in [7, 11) is -0.900. The molecule has 2 atom stereocenters. The van der Waals surface area contributed by atoms with Crippen LogP contribution in [0.5, 0.6) is 0 Å². The molecule has 0 aromatic heterocycles. The Morgan fingerprint density at radius 3 is 2.12 bits per heavy atom. The first-order valence-corrected chi connectivity index (χ1v) is 6.60. The van der Waals surface area contributed by atoms with Crippen LogP contribution in [0.4, 0.5) is 0 Å². The van der Waals surface area contributed by atoms with Crippen LogP contribution in [0.25, 0.3) is 0 Å². The lowest BCUT2D eigenvalue weighted by Crippen LogP contribution is -2.18. The molecule has 90 valence electrons. The van der Waals surface area contributed by atoms with E-state index in [0.717, 1.165) is 5.56 Å². The maximum absolute atomic E-state index is 12.0. The van der Waals surface area contributed by atoms with E-state index in [1.807, 2.05) is 30.3 Å². The first-order valence-electron chi connectivity index (χ1n) is 4.99. The van der Waals surface area contributed by atoms with Crippen molar-refractivity contribution < 1.29 is 18.7 Å². The highest BCUT2D eigenvalue weighted by Gasteiger charge is 2.36. The minimum Gasteiger partial charge on any atom is -0.380 e. The molecule has 0 fully saturated rings. The van der Waals surface area contributed by atoms with Crippen LogP contribution in [0.1, 0.15) is 18.4 Å². The summed E-state index contributed by atoms with van der Waals surface area (Å²) in [6.07, 6.45) is 0. The summed E-state index contributed by atoms with van der Waals surface area (Å²) in [4.78, 5) is 0. The van der Waals surface area contributed by atoms with E-state index >= 15 is 0 Å². The van der Waals surface area contributed by atoms with Crippen molar-refractivity contribution >= 4 is 7.60 Å². The molecule has 0 saturated heterocycles. The third kappa shape index (κ3) is 2.71. The van der Waals surface area contributed by atoms with E-state index in [2.05, 4.69) is 0 Å². The van der Waals surface area contributed by atoms with Crippen LogP contribution in [-0.2, 0) is 13.6 Å². The summed E-state index contributed by atoms with van der Waals surface area (Å²) in [5.41, 5.74) is 0.893. The van der Waals surface area contributed by atoms with Gasteiger partial charge in [-0.15, -0.1) is 0 Å². The van der Waals surface area contributed by atoms with E-state index in [9.17, 15) is 9.67 Å². The molecule has 1 rings (SSSR count). The largest absolute Gasteiger partial charge is 0.380 e. The number of aliphatic hydroxyl groups excluding tert-OH is 1. The molecule has 0 unspecified atom stereocenters. The van der Waals surface area contributed by atoms with Crippen molar-refractivity contribution in [2.45, 2.75) is 18.7 Å². The van der Waals surface area contributed by atoms with Crippen LogP contribution in [0.2, 0.25) is 0 Å². The highest BCUT2D eigenvalue weighted by molar-refractivity contribution is 7.54. The predicted molar refractivity (Wildman–Crippen MR) is 62.5 cm³/mol. The Morgan fingerprint density at radius 1 is 1.19 bits per heavy atom. The van der Waals surface area contributed by atoms with E-state index in [0.29, 0.717) is 0 Å². The van der Waals surface area contributed by atoms with Crippen LogP contribution in [0, 0.1) is 0 Å². The van der Waals surface area contributed by atoms with Crippen LogP contribution in [0.15, 0.2) is 30.3 Å². The van der Waals surface area contributed by atoms with Gasteiger partial charge in [-0.25, -0.2) is 0 Å². The fraction of sp³-hybridized carbons (Fsp3) is 0.455. The van der Waals surface area contributed by atoms with Crippen LogP contribution in [-0.4, -0.2) is 25.2 Å². The highest BCUT2D eigenvalue weighted by Crippen LogP contribution is 2.54. The molecule has 0 aliphatic rings. The van der Waals surface area contributed by atoms with Gasteiger partial charge in [-0.3, -0.25) is 4.57 Å². The second-order valence-electron chi connectivity index (χ2n) is 3.52. The molecule has 4 nitrogen and oxygen atoms in total. The zero-order chi connectivity index (χ0) is 12.2. The van der Waals surface area contributed by atoms with Crippen molar-refractivity contribution in [2.75, 3.05) is 14.2 Å². The zero-order valence-electron chi connectivity index (χ0n) is 9.66. The topological polar surface area (TPSA) is 55.8 Å². The van der Waals surface area contributed by atoms with Crippen LogP contribution in [0.3, 0.4) is 0 Å². The van der Waals surface area contributed by atoms with Gasteiger partial charge >= 0.3 is 7.60 Å². The Morgan fingerprint density at radius 2 is 1.69 bits per heavy atom. The van der Waals surface area contributed by atoms with Crippen molar-refractivity contribution in [1.82, 2.24) is 0 Å². The van der Waals surface area contributed by atoms with Crippen molar-refractivity contribution in [2.24, 2.45) is 0 Å². The molecule has 0 aliphatic carbocycles. The Balaban J connectivity index is 2.90. The average Bonchev–Trinajstić information content (AvgIpc) is 2.37. The monoisotopic (exact) mass is 244 g/mol. The van der Waals surface area contributed by atoms with Gasteiger partial charge in [-0.2, -0.15) is 0 Å². The Bertz CT molecular complexity index is 358. The van der Waals surface area contributed by atoms with Crippen molar-refractivity contribution in [1.29, 1.82) is 0 Å². The lowest BCUT2D eigenvalue weighted by molar-refractivity contribution is 0.158. The molecule has 0 spiro atoms. The van der Waals surface area contributed by atoms with Crippen molar-refractivity contribution in [3.05, 3.63) is 35.9 Å². The van der Waals surface area contributed by atoms with Gasteiger partial charge in [-0.05, 0) is 5.56 Å². The molecule has 1 N–H and O–H groups in total. The number of hydrogen-bond donors (Lipinski definition) is 1.